The maximum absolute atomic E-state index is 13.0. The molecule has 0 radical (unpaired) electrons. The highest BCUT2D eigenvalue weighted by Gasteiger charge is 2.33. The minimum atomic E-state index is -0.367. The van der Waals surface area contributed by atoms with Gasteiger partial charge in [-0.2, -0.15) is 0 Å². The predicted molar refractivity (Wildman–Crippen MR) is 78.1 cm³/mol. The third-order valence-electron chi connectivity index (χ3n) is 3.62. The Morgan fingerprint density at radius 1 is 1.37 bits per heavy atom. The number of benzene rings is 1. The molecule has 2 nitrogen and oxygen atoms in total. The van der Waals surface area contributed by atoms with Crippen LogP contribution in [0.4, 0.5) is 4.39 Å². The largest absolute Gasteiger partial charge is 0.345 e. The molecule has 0 aliphatic heterocycles. The highest BCUT2D eigenvalue weighted by atomic mass is 79.9. The molecule has 1 N–H and O–H groups in total. The molecule has 0 unspecified atom stereocenters. The molecule has 1 saturated carbocycles. The summed E-state index contributed by atoms with van der Waals surface area (Å²) < 4.78 is 13.5. The van der Waals surface area contributed by atoms with Gasteiger partial charge in [0.1, 0.15) is 5.82 Å². The van der Waals surface area contributed by atoms with Gasteiger partial charge >= 0.3 is 0 Å². The Bertz CT molecular complexity index is 475. The third kappa shape index (κ3) is 3.48. The summed E-state index contributed by atoms with van der Waals surface area (Å²) in [7, 11) is 0. The lowest BCUT2D eigenvalue weighted by Gasteiger charge is -2.36. The van der Waals surface area contributed by atoms with Crippen molar-refractivity contribution in [1.82, 2.24) is 5.32 Å². The Kier molecular flexibility index (Phi) is 4.85. The molecule has 1 aromatic carbocycles. The van der Waals surface area contributed by atoms with Crippen LogP contribution in [0, 0.1) is 5.82 Å². The van der Waals surface area contributed by atoms with Gasteiger partial charge in [-0.15, -0.1) is 11.6 Å². The zero-order valence-electron chi connectivity index (χ0n) is 10.5. The zero-order valence-corrected chi connectivity index (χ0v) is 12.9. The number of rotatable bonds is 3. The number of hydrogen-bond acceptors (Lipinski definition) is 1. The van der Waals surface area contributed by atoms with Crippen molar-refractivity contribution in [3.63, 3.8) is 0 Å². The van der Waals surface area contributed by atoms with Gasteiger partial charge in [0.2, 0.25) is 0 Å². The van der Waals surface area contributed by atoms with Crippen LogP contribution in [0.3, 0.4) is 0 Å². The van der Waals surface area contributed by atoms with Crippen molar-refractivity contribution >= 4 is 33.4 Å². The molecular weight excluding hydrogens is 333 g/mol. The topological polar surface area (TPSA) is 29.1 Å². The quantitative estimate of drug-likeness (QED) is 0.813. The lowest BCUT2D eigenvalue weighted by atomic mass is 9.83. The van der Waals surface area contributed by atoms with Crippen LogP contribution in [-0.4, -0.2) is 17.3 Å². The fourth-order valence-electron chi connectivity index (χ4n) is 2.50. The van der Waals surface area contributed by atoms with Crippen molar-refractivity contribution in [1.29, 1.82) is 0 Å². The highest BCUT2D eigenvalue weighted by molar-refractivity contribution is 9.10. The summed E-state index contributed by atoms with van der Waals surface area (Å²) in [6, 6.07) is 4.07. The molecule has 0 heterocycles. The van der Waals surface area contributed by atoms with Gasteiger partial charge in [0, 0.05) is 10.4 Å². The van der Waals surface area contributed by atoms with E-state index in [1.165, 1.54) is 24.6 Å². The average molecular weight is 349 g/mol. The van der Waals surface area contributed by atoms with Crippen LogP contribution in [0.5, 0.6) is 0 Å². The van der Waals surface area contributed by atoms with Crippen LogP contribution in [0.25, 0.3) is 0 Å². The number of halogens is 3. The van der Waals surface area contributed by atoms with Gasteiger partial charge in [0.25, 0.3) is 5.91 Å². The first-order valence-corrected chi connectivity index (χ1v) is 7.73. The van der Waals surface area contributed by atoms with Gasteiger partial charge in [-0.3, -0.25) is 4.79 Å². The number of hydrogen-bond donors (Lipinski definition) is 1. The van der Waals surface area contributed by atoms with E-state index in [9.17, 15) is 9.18 Å². The molecular formula is C14H16BrClFNO. The van der Waals surface area contributed by atoms with E-state index in [0.29, 0.717) is 15.9 Å². The fraction of sp³-hybridized carbons (Fsp3) is 0.500. The summed E-state index contributed by atoms with van der Waals surface area (Å²) in [4.78, 5) is 12.3. The number of alkyl halides is 1. The normalized spacial score (nSPS) is 18.1. The first-order valence-electron chi connectivity index (χ1n) is 6.40. The number of carbonyl (C=O) groups excluding carboxylic acids is 1. The van der Waals surface area contributed by atoms with Crippen molar-refractivity contribution in [2.45, 2.75) is 37.6 Å². The lowest BCUT2D eigenvalue weighted by molar-refractivity contribution is 0.0884. The van der Waals surface area contributed by atoms with E-state index in [-0.39, 0.29) is 17.3 Å². The summed E-state index contributed by atoms with van der Waals surface area (Å²) in [5, 5.41) is 3.04. The van der Waals surface area contributed by atoms with Crippen molar-refractivity contribution in [2.24, 2.45) is 0 Å². The van der Waals surface area contributed by atoms with Crippen molar-refractivity contribution < 1.29 is 9.18 Å². The first kappa shape index (κ1) is 14.8. The molecule has 2 rings (SSSR count). The molecule has 0 bridgehead atoms. The standard InChI is InChI=1S/C14H16BrClFNO/c15-12-8-10(17)4-5-11(12)13(19)18-14(9-16)6-2-1-3-7-14/h4-5,8H,1-3,6-7,9H2,(H,18,19). The molecule has 19 heavy (non-hydrogen) atoms. The second-order valence-electron chi connectivity index (χ2n) is 5.05. The molecule has 1 amide bonds. The van der Waals surface area contributed by atoms with Crippen LogP contribution in [0.2, 0.25) is 0 Å². The predicted octanol–water partition coefficient (Wildman–Crippen LogP) is 4.26. The van der Waals surface area contributed by atoms with E-state index in [1.807, 2.05) is 0 Å². The van der Waals surface area contributed by atoms with E-state index < -0.39 is 0 Å². The van der Waals surface area contributed by atoms with E-state index in [1.54, 1.807) is 0 Å². The Morgan fingerprint density at radius 2 is 2.05 bits per heavy atom. The Balaban J connectivity index is 2.15. The van der Waals surface area contributed by atoms with E-state index >= 15 is 0 Å². The molecule has 1 aliphatic carbocycles. The number of carbonyl (C=O) groups is 1. The molecule has 0 spiro atoms. The number of amides is 1. The average Bonchev–Trinajstić information content (AvgIpc) is 2.39. The maximum atomic E-state index is 13.0. The van der Waals surface area contributed by atoms with Crippen LogP contribution in [0.1, 0.15) is 42.5 Å². The van der Waals surface area contributed by atoms with Gasteiger partial charge in [-0.05, 0) is 47.0 Å². The van der Waals surface area contributed by atoms with Gasteiger partial charge in [-0.1, -0.05) is 19.3 Å². The molecule has 1 aromatic rings. The maximum Gasteiger partial charge on any atom is 0.252 e. The fourth-order valence-corrected chi connectivity index (χ4v) is 3.37. The first-order chi connectivity index (χ1) is 9.06. The van der Waals surface area contributed by atoms with E-state index in [0.717, 1.165) is 25.7 Å². The summed E-state index contributed by atoms with van der Waals surface area (Å²) >= 11 is 9.27. The summed E-state index contributed by atoms with van der Waals surface area (Å²) in [5.74, 6) is -0.153. The number of nitrogens with one attached hydrogen (secondary N) is 1. The van der Waals surface area contributed by atoms with Gasteiger partial charge in [0.05, 0.1) is 11.1 Å². The molecule has 1 aliphatic rings. The second-order valence-corrected chi connectivity index (χ2v) is 6.17. The molecule has 0 saturated heterocycles. The Labute approximate surface area is 125 Å². The van der Waals surface area contributed by atoms with Crippen molar-refractivity contribution in [3.05, 3.63) is 34.1 Å². The van der Waals surface area contributed by atoms with Gasteiger partial charge < -0.3 is 5.32 Å². The smallest absolute Gasteiger partial charge is 0.252 e. The lowest BCUT2D eigenvalue weighted by Crippen LogP contribution is -2.51. The minimum Gasteiger partial charge on any atom is -0.345 e. The zero-order chi connectivity index (χ0) is 13.9. The third-order valence-corrected chi connectivity index (χ3v) is 4.79. The summed E-state index contributed by atoms with van der Waals surface area (Å²) in [6.45, 7) is 0. The molecule has 104 valence electrons. The van der Waals surface area contributed by atoms with Crippen LogP contribution >= 0.6 is 27.5 Å². The molecule has 1 fully saturated rings. The Morgan fingerprint density at radius 3 is 2.63 bits per heavy atom. The van der Waals surface area contributed by atoms with Crippen LogP contribution < -0.4 is 5.32 Å². The monoisotopic (exact) mass is 347 g/mol. The highest BCUT2D eigenvalue weighted by Crippen LogP contribution is 2.30. The minimum absolute atomic E-state index is 0.200. The van der Waals surface area contributed by atoms with Crippen LogP contribution in [-0.2, 0) is 0 Å². The van der Waals surface area contributed by atoms with Crippen molar-refractivity contribution in [3.8, 4) is 0 Å². The summed E-state index contributed by atoms with van der Waals surface area (Å²) in [6.07, 6.45) is 5.16. The van der Waals surface area contributed by atoms with E-state index in [4.69, 9.17) is 11.6 Å². The molecule has 0 atom stereocenters. The molecule has 5 heteroatoms. The molecule has 0 aromatic heterocycles. The van der Waals surface area contributed by atoms with Gasteiger partial charge in [0.15, 0.2) is 0 Å². The van der Waals surface area contributed by atoms with Crippen LogP contribution in [0.15, 0.2) is 22.7 Å². The summed E-state index contributed by atoms with van der Waals surface area (Å²) in [5.41, 5.74) is 0.126. The van der Waals surface area contributed by atoms with E-state index in [2.05, 4.69) is 21.2 Å². The Hall–Kier alpha value is -0.610. The van der Waals surface area contributed by atoms with Crippen molar-refractivity contribution in [2.75, 3.05) is 5.88 Å². The second kappa shape index (κ2) is 6.23. The SMILES string of the molecule is O=C(NC1(CCl)CCCCC1)c1ccc(F)cc1Br. The van der Waals surface area contributed by atoms with Gasteiger partial charge in [-0.25, -0.2) is 4.39 Å².